The van der Waals surface area contributed by atoms with Crippen LogP contribution in [0.4, 0.5) is 0 Å². The first-order chi connectivity index (χ1) is 24.0. The van der Waals surface area contributed by atoms with Crippen molar-refractivity contribution in [3.8, 4) is 44.6 Å². The van der Waals surface area contributed by atoms with Crippen molar-refractivity contribution in [2.45, 2.75) is 19.3 Å². The maximum absolute atomic E-state index is 5.25. The van der Waals surface area contributed by atoms with Gasteiger partial charge in [-0.25, -0.2) is 4.98 Å². The molecule has 0 bridgehead atoms. The van der Waals surface area contributed by atoms with Crippen molar-refractivity contribution in [3.05, 3.63) is 175 Å². The van der Waals surface area contributed by atoms with Gasteiger partial charge >= 0.3 is 0 Å². The number of para-hydroxylation sites is 1. The third-order valence-corrected chi connectivity index (χ3v) is 10.8. The highest BCUT2D eigenvalue weighted by Crippen LogP contribution is 2.51. The summed E-state index contributed by atoms with van der Waals surface area (Å²) in [5, 5.41) is 8.56. The number of pyridine rings is 1. The Kier molecular flexibility index (Phi) is 5.99. The van der Waals surface area contributed by atoms with Gasteiger partial charge in [0.15, 0.2) is 0 Å². The minimum absolute atomic E-state index is 0.0846. The predicted octanol–water partition coefficient (Wildman–Crippen LogP) is 13.0. The standard InChI is InChI=1S/C48H33N/c1-48(2)42-17-9-8-14-36(42)37-24-22-35(29-43(37)48)46-38-15-6-7-16-39(38)47(45-26-23-31-12-5-10-18-44(31)49-45)40-25-21-34(28-41(40)46)33-20-19-30-11-3-4-13-32(30)27-33/h3-29H,1-2H3. The van der Waals surface area contributed by atoms with E-state index in [1.165, 1.54) is 82.4 Å². The van der Waals surface area contributed by atoms with Gasteiger partial charge in [0.25, 0.3) is 0 Å². The molecule has 9 aromatic rings. The van der Waals surface area contributed by atoms with E-state index in [0.717, 1.165) is 16.6 Å². The first-order valence-electron chi connectivity index (χ1n) is 17.1. The molecule has 1 heterocycles. The van der Waals surface area contributed by atoms with E-state index < -0.39 is 0 Å². The molecule has 8 aromatic carbocycles. The van der Waals surface area contributed by atoms with Crippen molar-refractivity contribution in [2.24, 2.45) is 0 Å². The number of rotatable bonds is 3. The number of nitrogens with zero attached hydrogens (tertiary/aromatic N) is 1. The van der Waals surface area contributed by atoms with Crippen LogP contribution in [-0.2, 0) is 5.41 Å². The second-order valence-electron chi connectivity index (χ2n) is 13.9. The van der Waals surface area contributed by atoms with E-state index in [0.29, 0.717) is 0 Å². The van der Waals surface area contributed by atoms with Crippen molar-refractivity contribution in [2.75, 3.05) is 0 Å². The first-order valence-corrected chi connectivity index (χ1v) is 17.1. The third-order valence-electron chi connectivity index (χ3n) is 10.8. The largest absolute Gasteiger partial charge is 0.248 e. The fourth-order valence-electron chi connectivity index (χ4n) is 8.38. The summed E-state index contributed by atoms with van der Waals surface area (Å²) in [6.45, 7) is 4.73. The SMILES string of the molecule is CC1(C)c2ccccc2-c2ccc(-c3c4ccccc4c(-c4ccc5ccccc5n4)c4ccc(-c5ccc6ccccc6c5)cc34)cc21. The van der Waals surface area contributed by atoms with Gasteiger partial charge in [-0.3, -0.25) is 0 Å². The van der Waals surface area contributed by atoms with E-state index in [1.54, 1.807) is 0 Å². The van der Waals surface area contributed by atoms with Crippen molar-refractivity contribution in [3.63, 3.8) is 0 Å². The Hall–Kier alpha value is -6.05. The molecule has 0 atom stereocenters. The molecule has 1 aromatic heterocycles. The quantitative estimate of drug-likeness (QED) is 0.178. The van der Waals surface area contributed by atoms with Gasteiger partial charge in [0.05, 0.1) is 11.2 Å². The van der Waals surface area contributed by atoms with E-state index in [1.807, 2.05) is 0 Å². The highest BCUT2D eigenvalue weighted by atomic mass is 14.7. The van der Waals surface area contributed by atoms with E-state index >= 15 is 0 Å². The van der Waals surface area contributed by atoms with Crippen molar-refractivity contribution in [1.29, 1.82) is 0 Å². The highest BCUT2D eigenvalue weighted by Gasteiger charge is 2.35. The lowest BCUT2D eigenvalue weighted by atomic mass is 9.80. The van der Waals surface area contributed by atoms with Crippen LogP contribution < -0.4 is 0 Å². The molecule has 0 amide bonds. The van der Waals surface area contributed by atoms with Crippen LogP contribution in [0.2, 0.25) is 0 Å². The zero-order valence-corrected chi connectivity index (χ0v) is 27.5. The Morgan fingerprint density at radius 2 is 1.00 bits per heavy atom. The van der Waals surface area contributed by atoms with Gasteiger partial charge in [0.1, 0.15) is 0 Å². The molecule has 10 rings (SSSR count). The Morgan fingerprint density at radius 1 is 0.388 bits per heavy atom. The van der Waals surface area contributed by atoms with Crippen molar-refractivity contribution >= 4 is 43.2 Å². The molecule has 0 aliphatic heterocycles. The van der Waals surface area contributed by atoms with Gasteiger partial charge < -0.3 is 0 Å². The third kappa shape index (κ3) is 4.22. The maximum Gasteiger partial charge on any atom is 0.0722 e. The molecule has 1 nitrogen and oxygen atoms in total. The minimum Gasteiger partial charge on any atom is -0.248 e. The van der Waals surface area contributed by atoms with E-state index in [9.17, 15) is 0 Å². The molecule has 0 unspecified atom stereocenters. The molecule has 0 saturated heterocycles. The fraction of sp³-hybridized carbons (Fsp3) is 0.0625. The number of benzene rings is 8. The van der Waals surface area contributed by atoms with Crippen LogP contribution in [0.15, 0.2) is 164 Å². The lowest BCUT2D eigenvalue weighted by Crippen LogP contribution is -2.14. The molecular weight excluding hydrogens is 591 g/mol. The van der Waals surface area contributed by atoms with Crippen LogP contribution >= 0.6 is 0 Å². The van der Waals surface area contributed by atoms with Crippen molar-refractivity contribution in [1.82, 2.24) is 4.98 Å². The van der Waals surface area contributed by atoms with Gasteiger partial charge in [0.2, 0.25) is 0 Å². The molecule has 0 fully saturated rings. The topological polar surface area (TPSA) is 12.9 Å². The molecular formula is C48H33N. The first kappa shape index (κ1) is 28.0. The number of hydrogen-bond donors (Lipinski definition) is 0. The van der Waals surface area contributed by atoms with Gasteiger partial charge in [-0.05, 0) is 107 Å². The summed E-state index contributed by atoms with van der Waals surface area (Å²) in [5.41, 5.74) is 13.5. The second-order valence-corrected chi connectivity index (χ2v) is 13.9. The maximum atomic E-state index is 5.25. The molecule has 1 heteroatoms. The van der Waals surface area contributed by atoms with E-state index in [2.05, 4.69) is 178 Å². The molecule has 0 radical (unpaired) electrons. The fourth-order valence-corrected chi connectivity index (χ4v) is 8.38. The van der Waals surface area contributed by atoms with Gasteiger partial charge in [-0.1, -0.05) is 147 Å². The van der Waals surface area contributed by atoms with Crippen LogP contribution in [-0.4, -0.2) is 4.98 Å². The minimum atomic E-state index is -0.0846. The average molecular weight is 624 g/mol. The average Bonchev–Trinajstić information content (AvgIpc) is 3.38. The van der Waals surface area contributed by atoms with E-state index in [-0.39, 0.29) is 5.41 Å². The van der Waals surface area contributed by atoms with Crippen LogP contribution in [0, 0.1) is 0 Å². The summed E-state index contributed by atoms with van der Waals surface area (Å²) in [6, 6.07) is 60.2. The molecule has 230 valence electrons. The van der Waals surface area contributed by atoms with Crippen LogP contribution in [0.1, 0.15) is 25.0 Å². The molecule has 49 heavy (non-hydrogen) atoms. The Morgan fingerprint density at radius 3 is 1.88 bits per heavy atom. The predicted molar refractivity (Wildman–Crippen MR) is 208 cm³/mol. The van der Waals surface area contributed by atoms with Crippen LogP contribution in [0.3, 0.4) is 0 Å². The normalized spacial score (nSPS) is 13.3. The summed E-state index contributed by atoms with van der Waals surface area (Å²) in [5.74, 6) is 0. The van der Waals surface area contributed by atoms with Crippen LogP contribution in [0.25, 0.3) is 87.9 Å². The zero-order valence-electron chi connectivity index (χ0n) is 27.5. The second kappa shape index (κ2) is 10.5. The monoisotopic (exact) mass is 623 g/mol. The summed E-state index contributed by atoms with van der Waals surface area (Å²) in [6.07, 6.45) is 0. The van der Waals surface area contributed by atoms with E-state index in [4.69, 9.17) is 4.98 Å². The lowest BCUT2D eigenvalue weighted by Gasteiger charge is -2.23. The van der Waals surface area contributed by atoms with Crippen LogP contribution in [0.5, 0.6) is 0 Å². The van der Waals surface area contributed by atoms with Crippen molar-refractivity contribution < 1.29 is 0 Å². The number of aromatic nitrogens is 1. The lowest BCUT2D eigenvalue weighted by molar-refractivity contribution is 0.660. The Labute approximate surface area is 286 Å². The molecule has 0 N–H and O–H groups in total. The summed E-state index contributed by atoms with van der Waals surface area (Å²) in [7, 11) is 0. The Bertz CT molecular complexity index is 2800. The molecule has 0 spiro atoms. The summed E-state index contributed by atoms with van der Waals surface area (Å²) < 4.78 is 0. The smallest absolute Gasteiger partial charge is 0.0722 e. The van der Waals surface area contributed by atoms with Gasteiger partial charge in [-0.15, -0.1) is 0 Å². The highest BCUT2D eigenvalue weighted by molar-refractivity contribution is 6.22. The van der Waals surface area contributed by atoms with Gasteiger partial charge in [0, 0.05) is 16.4 Å². The summed E-state index contributed by atoms with van der Waals surface area (Å²) in [4.78, 5) is 5.25. The molecule has 1 aliphatic rings. The molecule has 0 saturated carbocycles. The summed E-state index contributed by atoms with van der Waals surface area (Å²) >= 11 is 0. The zero-order chi connectivity index (χ0) is 32.7. The van der Waals surface area contributed by atoms with Gasteiger partial charge in [-0.2, -0.15) is 0 Å². The number of fused-ring (bicyclic) bond motifs is 7. The Balaban J connectivity index is 1.29. The molecule has 1 aliphatic carbocycles. The number of hydrogen-bond acceptors (Lipinski definition) is 1.